The Balaban J connectivity index is 1.63. The fourth-order valence-electron chi connectivity index (χ4n) is 3.76. The van der Waals surface area contributed by atoms with E-state index in [0.29, 0.717) is 0 Å². The van der Waals surface area contributed by atoms with Gasteiger partial charge in [0.25, 0.3) is 0 Å². The van der Waals surface area contributed by atoms with Gasteiger partial charge in [-0.05, 0) is 55.1 Å². The number of nitrogens with one attached hydrogen (secondary N) is 2. The zero-order valence-electron chi connectivity index (χ0n) is 17.3. The van der Waals surface area contributed by atoms with Crippen molar-refractivity contribution in [1.82, 2.24) is 9.88 Å². The maximum atomic E-state index is 13.5. The summed E-state index contributed by atoms with van der Waals surface area (Å²) in [6, 6.07) is 15.4. The van der Waals surface area contributed by atoms with Crippen LogP contribution in [0.25, 0.3) is 5.70 Å². The summed E-state index contributed by atoms with van der Waals surface area (Å²) in [5, 5.41) is 3.50. The average molecular weight is 425 g/mol. The minimum absolute atomic E-state index is 0.103. The molecule has 4 rings (SSSR count). The van der Waals surface area contributed by atoms with Gasteiger partial charge in [-0.1, -0.05) is 37.6 Å². The van der Waals surface area contributed by atoms with Crippen molar-refractivity contribution in [3.8, 4) is 0 Å². The predicted molar refractivity (Wildman–Crippen MR) is 123 cm³/mol. The van der Waals surface area contributed by atoms with Crippen molar-refractivity contribution in [2.24, 2.45) is 0 Å². The number of H-pyrrole nitrogens is 1. The topological polar surface area (TPSA) is 34.3 Å². The van der Waals surface area contributed by atoms with Gasteiger partial charge in [-0.15, -0.1) is 0 Å². The van der Waals surface area contributed by atoms with E-state index in [1.807, 2.05) is 12.3 Å². The Morgan fingerprint density at radius 3 is 2.73 bits per heavy atom. The average Bonchev–Trinajstić information content (AvgIpc) is 3.24. The van der Waals surface area contributed by atoms with Crippen LogP contribution in [0.1, 0.15) is 30.7 Å². The zero-order valence-corrected chi connectivity index (χ0v) is 18.0. The first-order valence-corrected chi connectivity index (χ1v) is 10.6. The Labute approximate surface area is 182 Å². The van der Waals surface area contributed by atoms with E-state index < -0.39 is 5.82 Å². The summed E-state index contributed by atoms with van der Waals surface area (Å²) >= 11 is 5.96. The highest BCUT2D eigenvalue weighted by atomic mass is 35.5. The highest BCUT2D eigenvalue weighted by Crippen LogP contribution is 2.32. The molecule has 3 aromatic rings. The second-order valence-corrected chi connectivity index (χ2v) is 7.83. The molecule has 2 heterocycles. The lowest BCUT2D eigenvalue weighted by atomic mass is 10.1. The van der Waals surface area contributed by atoms with E-state index in [1.54, 1.807) is 12.1 Å². The van der Waals surface area contributed by atoms with Gasteiger partial charge in [-0.3, -0.25) is 4.90 Å². The largest absolute Gasteiger partial charge is 0.363 e. The molecule has 2 N–H and O–H groups in total. The van der Waals surface area contributed by atoms with Crippen molar-refractivity contribution in [1.29, 1.82) is 0 Å². The number of halogens is 2. The molecule has 0 bridgehead atoms. The summed E-state index contributed by atoms with van der Waals surface area (Å²) in [5.74, 6) is -0.422. The van der Waals surface area contributed by atoms with E-state index >= 15 is 0 Å². The number of nitrogens with zero attached hydrogens (tertiary/aromatic N) is 2. The standard InChI is InChI=1S/C24H26ClFN4/c1-3-29(4-2)14-17-6-5-7-19(12-17)30-15-23-20(10-11-27-23)24(16-30)28-18-8-9-22(26)21(25)13-18/h5-13,16,27-28H,3-4,14-15H2,1-2H3. The lowest BCUT2D eigenvalue weighted by molar-refractivity contribution is 0.296. The second-order valence-electron chi connectivity index (χ2n) is 7.43. The van der Waals surface area contributed by atoms with Crippen LogP contribution in [-0.2, 0) is 13.1 Å². The molecule has 0 saturated heterocycles. The van der Waals surface area contributed by atoms with E-state index in [-0.39, 0.29) is 5.02 Å². The highest BCUT2D eigenvalue weighted by molar-refractivity contribution is 6.31. The summed E-state index contributed by atoms with van der Waals surface area (Å²) in [6.45, 7) is 8.13. The third-order valence-corrected chi connectivity index (χ3v) is 5.77. The molecule has 4 nitrogen and oxygen atoms in total. The van der Waals surface area contributed by atoms with E-state index in [9.17, 15) is 4.39 Å². The Morgan fingerprint density at radius 1 is 1.13 bits per heavy atom. The van der Waals surface area contributed by atoms with Gasteiger partial charge >= 0.3 is 0 Å². The van der Waals surface area contributed by atoms with Crippen LogP contribution in [0.2, 0.25) is 5.02 Å². The monoisotopic (exact) mass is 424 g/mol. The maximum absolute atomic E-state index is 13.5. The van der Waals surface area contributed by atoms with Crippen LogP contribution in [0, 0.1) is 5.82 Å². The third kappa shape index (κ3) is 4.37. The van der Waals surface area contributed by atoms with Crippen LogP contribution in [0.3, 0.4) is 0 Å². The van der Waals surface area contributed by atoms with E-state index in [0.717, 1.165) is 54.5 Å². The summed E-state index contributed by atoms with van der Waals surface area (Å²) in [7, 11) is 0. The molecule has 0 atom stereocenters. The third-order valence-electron chi connectivity index (χ3n) is 5.48. The molecule has 30 heavy (non-hydrogen) atoms. The van der Waals surface area contributed by atoms with E-state index in [1.165, 1.54) is 11.6 Å². The first-order chi connectivity index (χ1) is 14.6. The molecule has 1 aliphatic rings. The highest BCUT2D eigenvalue weighted by Gasteiger charge is 2.20. The molecule has 0 amide bonds. The van der Waals surface area contributed by atoms with Gasteiger partial charge in [0.2, 0.25) is 0 Å². The number of aromatic amines is 1. The Bertz CT molecular complexity index is 1050. The zero-order chi connectivity index (χ0) is 21.1. The van der Waals surface area contributed by atoms with Gasteiger partial charge in [0, 0.05) is 41.6 Å². The van der Waals surface area contributed by atoms with Crippen LogP contribution in [0.4, 0.5) is 15.8 Å². The summed E-state index contributed by atoms with van der Waals surface area (Å²) < 4.78 is 13.5. The molecule has 0 unspecified atom stereocenters. The van der Waals surface area contributed by atoms with Crippen LogP contribution < -0.4 is 10.2 Å². The smallest absolute Gasteiger partial charge is 0.141 e. The van der Waals surface area contributed by atoms with Crippen LogP contribution in [-0.4, -0.2) is 23.0 Å². The molecule has 0 spiro atoms. The van der Waals surface area contributed by atoms with Crippen molar-refractivity contribution in [3.63, 3.8) is 0 Å². The van der Waals surface area contributed by atoms with Crippen molar-refractivity contribution < 1.29 is 4.39 Å². The molecule has 0 fully saturated rings. The number of rotatable bonds is 7. The predicted octanol–water partition coefficient (Wildman–Crippen LogP) is 6.08. The molecule has 1 aromatic heterocycles. The first-order valence-electron chi connectivity index (χ1n) is 10.3. The number of fused-ring (bicyclic) bond motifs is 1. The molecule has 0 radical (unpaired) electrons. The lowest BCUT2D eigenvalue weighted by Gasteiger charge is -2.28. The Morgan fingerprint density at radius 2 is 1.97 bits per heavy atom. The molecule has 1 aliphatic heterocycles. The molecule has 0 aliphatic carbocycles. The summed E-state index contributed by atoms with van der Waals surface area (Å²) in [4.78, 5) is 7.96. The number of hydrogen-bond donors (Lipinski definition) is 2. The molecule has 6 heteroatoms. The van der Waals surface area contributed by atoms with Crippen molar-refractivity contribution in [2.75, 3.05) is 23.3 Å². The molecular formula is C24H26ClFN4. The number of anilines is 2. The quantitative estimate of drug-likeness (QED) is 0.482. The van der Waals surface area contributed by atoms with Crippen molar-refractivity contribution in [2.45, 2.75) is 26.9 Å². The molecule has 2 aromatic carbocycles. The number of aromatic nitrogens is 1. The van der Waals surface area contributed by atoms with Crippen LogP contribution >= 0.6 is 11.6 Å². The Hall–Kier alpha value is -2.76. The molecule has 0 saturated carbocycles. The van der Waals surface area contributed by atoms with E-state index in [2.05, 4.69) is 64.4 Å². The van der Waals surface area contributed by atoms with E-state index in [4.69, 9.17) is 11.6 Å². The second kappa shape index (κ2) is 8.94. The maximum Gasteiger partial charge on any atom is 0.141 e. The normalized spacial score (nSPS) is 13.4. The number of hydrogen-bond acceptors (Lipinski definition) is 3. The van der Waals surface area contributed by atoms with Gasteiger partial charge in [-0.25, -0.2) is 4.39 Å². The molecular weight excluding hydrogens is 399 g/mol. The minimum atomic E-state index is -0.422. The summed E-state index contributed by atoms with van der Waals surface area (Å²) in [5.41, 5.74) is 6.35. The van der Waals surface area contributed by atoms with Crippen LogP contribution in [0.5, 0.6) is 0 Å². The van der Waals surface area contributed by atoms with Gasteiger partial charge in [0.1, 0.15) is 5.82 Å². The van der Waals surface area contributed by atoms with Gasteiger partial charge in [0.05, 0.1) is 17.3 Å². The van der Waals surface area contributed by atoms with Crippen molar-refractivity contribution >= 4 is 28.7 Å². The molecule has 156 valence electrons. The number of benzene rings is 2. The van der Waals surface area contributed by atoms with Crippen LogP contribution in [0.15, 0.2) is 60.9 Å². The Kier molecular flexibility index (Phi) is 6.11. The van der Waals surface area contributed by atoms with Crippen molar-refractivity contribution in [3.05, 3.63) is 88.6 Å². The lowest BCUT2D eigenvalue weighted by Crippen LogP contribution is -2.24. The SMILES string of the molecule is CCN(CC)Cc1cccc(N2C=C(Nc3ccc(F)c(Cl)c3)c3cc[nH]c3C2)c1. The fraction of sp³-hybridized carbons (Fsp3) is 0.250. The fourth-order valence-corrected chi connectivity index (χ4v) is 3.94. The minimum Gasteiger partial charge on any atom is -0.363 e. The van der Waals surface area contributed by atoms with Gasteiger partial charge in [-0.2, -0.15) is 0 Å². The first kappa shape index (κ1) is 20.5. The van der Waals surface area contributed by atoms with Gasteiger partial charge in [0.15, 0.2) is 0 Å². The summed E-state index contributed by atoms with van der Waals surface area (Å²) in [6.07, 6.45) is 4.04. The van der Waals surface area contributed by atoms with Gasteiger partial charge < -0.3 is 15.2 Å².